The lowest BCUT2D eigenvalue weighted by Gasteiger charge is -2.35. The largest absolute Gasteiger partial charge is 0.494 e. The standard InChI is InChI=1S/C31H36BrCl2N3O5S/c1-6-28(30(39)35-31(3,4)5)36(19-25-26(33)9-8-10-27(25)34)29(38)20-37(22-13-15-23(16-14-22)42-7-2)43(40,41)24-17-11-21(32)12-18-24/h8-18,28H,6-7,19-20H2,1-5H3,(H,35,39). The average molecular weight is 714 g/mol. The first-order chi connectivity index (χ1) is 20.2. The fourth-order valence-electron chi connectivity index (χ4n) is 4.36. The van der Waals surface area contributed by atoms with Crippen molar-refractivity contribution in [3.05, 3.63) is 86.8 Å². The van der Waals surface area contributed by atoms with Gasteiger partial charge in [0.2, 0.25) is 11.8 Å². The molecular formula is C31H36BrCl2N3O5S. The van der Waals surface area contributed by atoms with E-state index in [2.05, 4.69) is 21.2 Å². The Hall–Kier alpha value is -2.79. The number of carbonyl (C=O) groups excluding carboxylic acids is 2. The fourth-order valence-corrected chi connectivity index (χ4v) is 6.56. The van der Waals surface area contributed by atoms with Crippen molar-refractivity contribution in [2.75, 3.05) is 17.5 Å². The summed E-state index contributed by atoms with van der Waals surface area (Å²) >= 11 is 16.3. The summed E-state index contributed by atoms with van der Waals surface area (Å²) in [6.07, 6.45) is 0.262. The Bertz CT molecular complexity index is 1510. The van der Waals surface area contributed by atoms with Crippen LogP contribution < -0.4 is 14.4 Å². The molecule has 3 aromatic rings. The number of rotatable bonds is 12. The van der Waals surface area contributed by atoms with E-state index < -0.39 is 34.1 Å². The second-order valence-electron chi connectivity index (χ2n) is 10.8. The van der Waals surface area contributed by atoms with Crippen LogP contribution in [0.15, 0.2) is 76.1 Å². The molecule has 2 amide bonds. The van der Waals surface area contributed by atoms with Gasteiger partial charge in [-0.3, -0.25) is 13.9 Å². The molecule has 1 atom stereocenters. The minimum absolute atomic E-state index is 0.00407. The van der Waals surface area contributed by atoms with Crippen LogP contribution in [-0.4, -0.2) is 49.9 Å². The summed E-state index contributed by atoms with van der Waals surface area (Å²) in [5.41, 5.74) is 0.132. The van der Waals surface area contributed by atoms with Gasteiger partial charge in [0.25, 0.3) is 10.0 Å². The topological polar surface area (TPSA) is 96.0 Å². The van der Waals surface area contributed by atoms with Gasteiger partial charge in [0.1, 0.15) is 18.3 Å². The van der Waals surface area contributed by atoms with Crippen LogP contribution in [0, 0.1) is 0 Å². The van der Waals surface area contributed by atoms with Crippen molar-refractivity contribution in [1.82, 2.24) is 10.2 Å². The molecule has 0 fully saturated rings. The van der Waals surface area contributed by atoms with Crippen molar-refractivity contribution in [3.63, 3.8) is 0 Å². The molecule has 1 N–H and O–H groups in total. The lowest BCUT2D eigenvalue weighted by Crippen LogP contribution is -2.55. The summed E-state index contributed by atoms with van der Waals surface area (Å²) in [6, 6.07) is 16.6. The number of halogens is 3. The third kappa shape index (κ3) is 9.11. The first-order valence-electron chi connectivity index (χ1n) is 13.7. The van der Waals surface area contributed by atoms with Gasteiger partial charge in [-0.2, -0.15) is 0 Å². The Morgan fingerprint density at radius 2 is 1.53 bits per heavy atom. The number of anilines is 1. The molecule has 0 aliphatic carbocycles. The van der Waals surface area contributed by atoms with E-state index in [9.17, 15) is 18.0 Å². The second-order valence-corrected chi connectivity index (χ2v) is 14.4. The minimum atomic E-state index is -4.22. The minimum Gasteiger partial charge on any atom is -0.494 e. The molecule has 43 heavy (non-hydrogen) atoms. The molecule has 0 heterocycles. The smallest absolute Gasteiger partial charge is 0.264 e. The number of benzene rings is 3. The van der Waals surface area contributed by atoms with E-state index in [0.29, 0.717) is 32.4 Å². The first kappa shape index (κ1) is 34.7. The number of hydrogen-bond acceptors (Lipinski definition) is 5. The van der Waals surface area contributed by atoms with E-state index in [0.717, 1.165) is 4.31 Å². The van der Waals surface area contributed by atoms with Crippen molar-refractivity contribution in [3.8, 4) is 5.75 Å². The number of nitrogens with one attached hydrogen (secondary N) is 1. The van der Waals surface area contributed by atoms with Crippen LogP contribution in [0.4, 0.5) is 5.69 Å². The van der Waals surface area contributed by atoms with Crippen LogP contribution in [-0.2, 0) is 26.2 Å². The summed E-state index contributed by atoms with van der Waals surface area (Å²) in [4.78, 5) is 29.1. The Kier molecular flexibility index (Phi) is 11.9. The third-order valence-electron chi connectivity index (χ3n) is 6.39. The number of nitrogens with zero attached hydrogens (tertiary/aromatic N) is 2. The summed E-state index contributed by atoms with van der Waals surface area (Å²) < 4.78 is 35.3. The Labute approximate surface area is 272 Å². The van der Waals surface area contributed by atoms with Crippen LogP contribution >= 0.6 is 39.1 Å². The van der Waals surface area contributed by atoms with Crippen molar-refractivity contribution in [2.24, 2.45) is 0 Å². The zero-order valence-electron chi connectivity index (χ0n) is 24.7. The van der Waals surface area contributed by atoms with Gasteiger partial charge in [-0.05, 0) is 94.8 Å². The Morgan fingerprint density at radius 3 is 2.05 bits per heavy atom. The molecule has 0 saturated carbocycles. The highest BCUT2D eigenvalue weighted by molar-refractivity contribution is 9.10. The van der Waals surface area contributed by atoms with Gasteiger partial charge in [0.05, 0.1) is 17.2 Å². The van der Waals surface area contributed by atoms with Gasteiger partial charge in [-0.25, -0.2) is 8.42 Å². The zero-order valence-corrected chi connectivity index (χ0v) is 28.6. The third-order valence-corrected chi connectivity index (χ3v) is 9.42. The van der Waals surface area contributed by atoms with Crippen LogP contribution in [0.1, 0.15) is 46.6 Å². The molecular weight excluding hydrogens is 677 g/mol. The van der Waals surface area contributed by atoms with Gasteiger partial charge in [-0.1, -0.05) is 52.1 Å². The highest BCUT2D eigenvalue weighted by atomic mass is 79.9. The van der Waals surface area contributed by atoms with E-state index in [1.54, 1.807) is 61.5 Å². The predicted octanol–water partition coefficient (Wildman–Crippen LogP) is 7.07. The van der Waals surface area contributed by atoms with Crippen molar-refractivity contribution in [2.45, 2.75) is 64.1 Å². The molecule has 0 aliphatic rings. The van der Waals surface area contributed by atoms with Gasteiger partial charge < -0.3 is 15.0 Å². The summed E-state index contributed by atoms with van der Waals surface area (Å²) in [5, 5.41) is 3.58. The maximum absolute atomic E-state index is 14.2. The van der Waals surface area contributed by atoms with Crippen molar-refractivity contribution < 1.29 is 22.7 Å². The molecule has 232 valence electrons. The molecule has 1 unspecified atom stereocenters. The van der Waals surface area contributed by atoms with Gasteiger partial charge >= 0.3 is 0 Å². The quantitative estimate of drug-likeness (QED) is 0.217. The molecule has 8 nitrogen and oxygen atoms in total. The molecule has 0 aliphatic heterocycles. The number of hydrogen-bond donors (Lipinski definition) is 1. The molecule has 0 radical (unpaired) electrons. The predicted molar refractivity (Wildman–Crippen MR) is 175 cm³/mol. The molecule has 3 rings (SSSR count). The molecule has 12 heteroatoms. The SMILES string of the molecule is CCOc1ccc(N(CC(=O)N(Cc2c(Cl)cccc2Cl)C(CC)C(=O)NC(C)(C)C)S(=O)(=O)c2ccc(Br)cc2)cc1. The maximum Gasteiger partial charge on any atom is 0.264 e. The van der Waals surface area contributed by atoms with Crippen LogP contribution in [0.3, 0.4) is 0 Å². The summed E-state index contributed by atoms with van der Waals surface area (Å²) in [6.45, 7) is 8.89. The van der Waals surface area contributed by atoms with Crippen molar-refractivity contribution in [1.29, 1.82) is 0 Å². The highest BCUT2D eigenvalue weighted by Crippen LogP contribution is 2.30. The van der Waals surface area contributed by atoms with E-state index in [-0.39, 0.29) is 29.5 Å². The number of amides is 2. The van der Waals surface area contributed by atoms with Crippen LogP contribution in [0.25, 0.3) is 0 Å². The normalized spacial score (nSPS) is 12.4. The lowest BCUT2D eigenvalue weighted by molar-refractivity contribution is -0.141. The Balaban J connectivity index is 2.11. The molecule has 0 aromatic heterocycles. The molecule has 3 aromatic carbocycles. The first-order valence-corrected chi connectivity index (χ1v) is 16.7. The fraction of sp³-hybridized carbons (Fsp3) is 0.355. The molecule has 0 saturated heterocycles. The van der Waals surface area contributed by atoms with E-state index in [1.807, 2.05) is 27.7 Å². The highest BCUT2D eigenvalue weighted by Gasteiger charge is 2.35. The van der Waals surface area contributed by atoms with E-state index in [4.69, 9.17) is 27.9 Å². The molecule has 0 spiro atoms. The van der Waals surface area contributed by atoms with Gasteiger partial charge in [0.15, 0.2) is 0 Å². The van der Waals surface area contributed by atoms with Crippen LogP contribution in [0.2, 0.25) is 10.0 Å². The van der Waals surface area contributed by atoms with E-state index in [1.165, 1.54) is 17.0 Å². The lowest BCUT2D eigenvalue weighted by atomic mass is 10.1. The van der Waals surface area contributed by atoms with Crippen molar-refractivity contribution >= 4 is 66.7 Å². The summed E-state index contributed by atoms with van der Waals surface area (Å²) in [5.74, 6) is -0.435. The Morgan fingerprint density at radius 1 is 0.953 bits per heavy atom. The monoisotopic (exact) mass is 711 g/mol. The van der Waals surface area contributed by atoms with Gasteiger partial charge in [0, 0.05) is 32.2 Å². The van der Waals surface area contributed by atoms with Gasteiger partial charge in [-0.15, -0.1) is 0 Å². The maximum atomic E-state index is 14.2. The second kappa shape index (κ2) is 14.8. The van der Waals surface area contributed by atoms with Crippen LogP contribution in [0.5, 0.6) is 5.75 Å². The summed E-state index contributed by atoms with van der Waals surface area (Å²) in [7, 11) is -4.22. The number of sulfonamides is 1. The molecule has 0 bridgehead atoms. The number of carbonyl (C=O) groups is 2. The average Bonchev–Trinajstić information content (AvgIpc) is 2.93. The zero-order chi connectivity index (χ0) is 31.9. The van der Waals surface area contributed by atoms with E-state index >= 15 is 0 Å². The number of ether oxygens (including phenoxy) is 1.